The average molecular weight is 272 g/mol. The third-order valence-electron chi connectivity index (χ3n) is 3.16. The molecule has 104 valence electrons. The molecule has 0 amide bonds. The molecule has 0 aliphatic rings. The zero-order valence-corrected chi connectivity index (χ0v) is 12.9. The minimum Gasteiger partial charge on any atom is -0.313 e. The average Bonchev–Trinajstić information content (AvgIpc) is 2.71. The van der Waals surface area contributed by atoms with E-state index in [0.29, 0.717) is 17.7 Å². The molecule has 18 heavy (non-hydrogen) atoms. The maximum Gasteiger partial charge on any atom is 0.147 e. The Bertz CT molecular complexity index is 341. The normalized spacial score (nSPS) is 11.7. The number of nitrogens with zero attached hydrogens (tertiary/aromatic N) is 3. The molecule has 4 heteroatoms. The smallest absolute Gasteiger partial charge is 0.147 e. The van der Waals surface area contributed by atoms with Gasteiger partial charge in [0.15, 0.2) is 0 Å². The standard InChI is InChI=1S/C14H26ClN3/c1-5-7-12(8-6-2)14-17-16-13(9-15)18(14)10-11(3)4/h11-12H,5-10H2,1-4H3. The van der Waals surface area contributed by atoms with Crippen molar-refractivity contribution in [2.24, 2.45) is 5.92 Å². The van der Waals surface area contributed by atoms with Gasteiger partial charge in [0.2, 0.25) is 0 Å². The van der Waals surface area contributed by atoms with Crippen molar-refractivity contribution in [3.05, 3.63) is 11.6 Å². The van der Waals surface area contributed by atoms with E-state index < -0.39 is 0 Å². The molecule has 1 aromatic heterocycles. The maximum absolute atomic E-state index is 5.96. The fourth-order valence-corrected chi connectivity index (χ4v) is 2.61. The van der Waals surface area contributed by atoms with Crippen LogP contribution in [0.2, 0.25) is 0 Å². The third-order valence-corrected chi connectivity index (χ3v) is 3.40. The van der Waals surface area contributed by atoms with Crippen molar-refractivity contribution in [2.45, 2.75) is 71.7 Å². The van der Waals surface area contributed by atoms with Crippen molar-refractivity contribution < 1.29 is 0 Å². The number of hydrogen-bond acceptors (Lipinski definition) is 2. The van der Waals surface area contributed by atoms with Crippen LogP contribution in [0.5, 0.6) is 0 Å². The van der Waals surface area contributed by atoms with Crippen LogP contribution < -0.4 is 0 Å². The van der Waals surface area contributed by atoms with Crippen molar-refractivity contribution >= 4 is 11.6 Å². The molecule has 0 spiro atoms. The Morgan fingerprint density at radius 1 is 1.11 bits per heavy atom. The van der Waals surface area contributed by atoms with E-state index in [9.17, 15) is 0 Å². The van der Waals surface area contributed by atoms with Crippen LogP contribution in [0, 0.1) is 5.92 Å². The van der Waals surface area contributed by atoms with E-state index >= 15 is 0 Å². The highest BCUT2D eigenvalue weighted by atomic mass is 35.5. The maximum atomic E-state index is 5.96. The van der Waals surface area contributed by atoms with Crippen LogP contribution >= 0.6 is 11.6 Å². The monoisotopic (exact) mass is 271 g/mol. The summed E-state index contributed by atoms with van der Waals surface area (Å²) in [6.45, 7) is 9.86. The summed E-state index contributed by atoms with van der Waals surface area (Å²) in [6.07, 6.45) is 4.75. The van der Waals surface area contributed by atoms with E-state index in [1.165, 1.54) is 25.7 Å². The summed E-state index contributed by atoms with van der Waals surface area (Å²) in [6, 6.07) is 0. The lowest BCUT2D eigenvalue weighted by molar-refractivity contribution is 0.453. The Balaban J connectivity index is 3.00. The number of hydrogen-bond donors (Lipinski definition) is 0. The molecular formula is C14H26ClN3. The number of aromatic nitrogens is 3. The molecule has 0 saturated heterocycles. The predicted octanol–water partition coefficient (Wildman–Crippen LogP) is 4.36. The van der Waals surface area contributed by atoms with Gasteiger partial charge in [0.05, 0.1) is 5.88 Å². The van der Waals surface area contributed by atoms with E-state index in [1.807, 2.05) is 0 Å². The summed E-state index contributed by atoms with van der Waals surface area (Å²) < 4.78 is 2.24. The van der Waals surface area contributed by atoms with Gasteiger partial charge in [-0.3, -0.25) is 0 Å². The topological polar surface area (TPSA) is 30.7 Å². The zero-order valence-electron chi connectivity index (χ0n) is 12.1. The van der Waals surface area contributed by atoms with Gasteiger partial charge in [-0.1, -0.05) is 40.5 Å². The Hall–Kier alpha value is -0.570. The SMILES string of the molecule is CCCC(CCC)c1nnc(CCl)n1CC(C)C. The lowest BCUT2D eigenvalue weighted by Gasteiger charge is -2.18. The highest BCUT2D eigenvalue weighted by Gasteiger charge is 2.20. The second kappa shape index (κ2) is 7.78. The van der Waals surface area contributed by atoms with Crippen molar-refractivity contribution in [3.63, 3.8) is 0 Å². The van der Waals surface area contributed by atoms with E-state index in [4.69, 9.17) is 11.6 Å². The van der Waals surface area contributed by atoms with E-state index in [1.54, 1.807) is 0 Å². The van der Waals surface area contributed by atoms with E-state index in [0.717, 1.165) is 18.2 Å². The fraction of sp³-hybridized carbons (Fsp3) is 0.857. The molecule has 0 aromatic carbocycles. The molecule has 1 rings (SSSR count). The van der Waals surface area contributed by atoms with Crippen molar-refractivity contribution in [2.75, 3.05) is 0 Å². The second-order valence-corrected chi connectivity index (χ2v) is 5.65. The predicted molar refractivity (Wildman–Crippen MR) is 77.0 cm³/mol. The van der Waals surface area contributed by atoms with Gasteiger partial charge in [0.1, 0.15) is 11.6 Å². The molecule has 0 unspecified atom stereocenters. The molecule has 0 N–H and O–H groups in total. The van der Waals surface area contributed by atoms with Gasteiger partial charge in [-0.25, -0.2) is 0 Å². The molecular weight excluding hydrogens is 246 g/mol. The molecule has 0 bridgehead atoms. The second-order valence-electron chi connectivity index (χ2n) is 5.39. The molecule has 0 radical (unpaired) electrons. The third kappa shape index (κ3) is 3.98. The van der Waals surface area contributed by atoms with Gasteiger partial charge in [-0.2, -0.15) is 0 Å². The molecule has 1 heterocycles. The number of alkyl halides is 1. The van der Waals surface area contributed by atoms with Crippen LogP contribution in [-0.2, 0) is 12.4 Å². The van der Waals surface area contributed by atoms with Gasteiger partial charge < -0.3 is 4.57 Å². The van der Waals surface area contributed by atoms with Crippen molar-refractivity contribution in [1.82, 2.24) is 14.8 Å². The quantitative estimate of drug-likeness (QED) is 0.658. The molecule has 1 aromatic rings. The Labute approximate surface area is 116 Å². The van der Waals surface area contributed by atoms with Crippen molar-refractivity contribution in [3.8, 4) is 0 Å². The van der Waals surface area contributed by atoms with E-state index in [2.05, 4.69) is 42.5 Å². The zero-order chi connectivity index (χ0) is 13.5. The lowest BCUT2D eigenvalue weighted by atomic mass is 9.97. The van der Waals surface area contributed by atoms with Crippen LogP contribution in [0.4, 0.5) is 0 Å². The molecule has 0 fully saturated rings. The molecule has 0 aliphatic carbocycles. The van der Waals surface area contributed by atoms with Gasteiger partial charge >= 0.3 is 0 Å². The summed E-state index contributed by atoms with van der Waals surface area (Å²) in [4.78, 5) is 0. The summed E-state index contributed by atoms with van der Waals surface area (Å²) in [7, 11) is 0. The lowest BCUT2D eigenvalue weighted by Crippen LogP contribution is -2.14. The first-order valence-corrected chi connectivity index (χ1v) is 7.65. The summed E-state index contributed by atoms with van der Waals surface area (Å²) in [5.41, 5.74) is 0. The fourth-order valence-electron chi connectivity index (χ4n) is 2.41. The van der Waals surface area contributed by atoms with Crippen LogP contribution in [-0.4, -0.2) is 14.8 Å². The van der Waals surface area contributed by atoms with Crippen LogP contribution in [0.3, 0.4) is 0 Å². The minimum atomic E-state index is 0.449. The molecule has 3 nitrogen and oxygen atoms in total. The highest BCUT2D eigenvalue weighted by Crippen LogP contribution is 2.26. The first-order chi connectivity index (χ1) is 8.63. The first kappa shape index (κ1) is 15.5. The van der Waals surface area contributed by atoms with Crippen LogP contribution in [0.1, 0.15) is 70.9 Å². The Morgan fingerprint density at radius 2 is 1.72 bits per heavy atom. The summed E-state index contributed by atoms with van der Waals surface area (Å²) in [5.74, 6) is 3.62. The Morgan fingerprint density at radius 3 is 2.17 bits per heavy atom. The van der Waals surface area contributed by atoms with Gasteiger partial charge in [0, 0.05) is 12.5 Å². The first-order valence-electron chi connectivity index (χ1n) is 7.11. The van der Waals surface area contributed by atoms with Gasteiger partial charge in [-0.05, 0) is 18.8 Å². The van der Waals surface area contributed by atoms with Crippen molar-refractivity contribution in [1.29, 1.82) is 0 Å². The largest absolute Gasteiger partial charge is 0.313 e. The molecule has 0 aliphatic heterocycles. The highest BCUT2D eigenvalue weighted by molar-refractivity contribution is 6.16. The van der Waals surface area contributed by atoms with Crippen LogP contribution in [0.15, 0.2) is 0 Å². The Kier molecular flexibility index (Phi) is 6.69. The molecule has 0 atom stereocenters. The van der Waals surface area contributed by atoms with Crippen LogP contribution in [0.25, 0.3) is 0 Å². The summed E-state index contributed by atoms with van der Waals surface area (Å²) >= 11 is 5.96. The summed E-state index contributed by atoms with van der Waals surface area (Å²) in [5, 5.41) is 8.66. The van der Waals surface area contributed by atoms with Gasteiger partial charge in [0.25, 0.3) is 0 Å². The minimum absolute atomic E-state index is 0.449. The van der Waals surface area contributed by atoms with E-state index in [-0.39, 0.29) is 0 Å². The number of halogens is 1. The molecule has 0 saturated carbocycles. The number of rotatable bonds is 8. The van der Waals surface area contributed by atoms with Gasteiger partial charge in [-0.15, -0.1) is 21.8 Å².